The number of hydrogen-bond donors (Lipinski definition) is 0. The molecule has 0 bridgehead atoms. The number of hydrogen-bond acceptors (Lipinski definition) is 4. The highest BCUT2D eigenvalue weighted by atomic mass is 16.5. The van der Waals surface area contributed by atoms with Crippen molar-refractivity contribution in [2.75, 3.05) is 13.2 Å². The molecule has 1 saturated carbocycles. The number of ether oxygens (including phenoxy) is 2. The fourth-order valence-electron chi connectivity index (χ4n) is 3.41. The van der Waals surface area contributed by atoms with Gasteiger partial charge in [0.05, 0.1) is 12.7 Å². The maximum absolute atomic E-state index is 12.3. The zero-order valence-electron chi connectivity index (χ0n) is 14.7. The first-order valence-electron chi connectivity index (χ1n) is 8.69. The van der Waals surface area contributed by atoms with Crippen LogP contribution in [0.3, 0.4) is 0 Å². The molecule has 4 heteroatoms. The van der Waals surface area contributed by atoms with E-state index in [0.717, 1.165) is 12.2 Å². The fraction of sp³-hybridized carbons (Fsp3) is 0.429. The van der Waals surface area contributed by atoms with Crippen molar-refractivity contribution in [1.29, 1.82) is 5.26 Å². The van der Waals surface area contributed by atoms with Gasteiger partial charge in [-0.15, -0.1) is 6.58 Å². The lowest BCUT2D eigenvalue weighted by Crippen LogP contribution is -2.29. The zero-order valence-corrected chi connectivity index (χ0v) is 14.7. The molecule has 1 aromatic rings. The monoisotopic (exact) mass is 339 g/mol. The average Bonchev–Trinajstić information content (AvgIpc) is 2.99. The van der Waals surface area contributed by atoms with Crippen molar-refractivity contribution in [3.05, 3.63) is 55.1 Å². The highest BCUT2D eigenvalue weighted by Gasteiger charge is 2.50. The van der Waals surface area contributed by atoms with Crippen LogP contribution in [0.5, 0.6) is 5.75 Å². The topological polar surface area (TPSA) is 59.3 Å². The molecule has 0 saturated heterocycles. The molecule has 25 heavy (non-hydrogen) atoms. The van der Waals surface area contributed by atoms with E-state index in [1.54, 1.807) is 6.92 Å². The van der Waals surface area contributed by atoms with Crippen LogP contribution in [0.25, 0.3) is 0 Å². The average molecular weight is 339 g/mol. The fourth-order valence-corrected chi connectivity index (χ4v) is 3.41. The first-order valence-corrected chi connectivity index (χ1v) is 8.69. The van der Waals surface area contributed by atoms with Crippen molar-refractivity contribution >= 4 is 5.97 Å². The van der Waals surface area contributed by atoms with E-state index in [4.69, 9.17) is 9.47 Å². The molecule has 0 aromatic heterocycles. The van der Waals surface area contributed by atoms with Gasteiger partial charge in [-0.1, -0.05) is 36.4 Å². The summed E-state index contributed by atoms with van der Waals surface area (Å²) in [6.07, 6.45) is 7.66. The molecule has 132 valence electrons. The third kappa shape index (κ3) is 4.73. The van der Waals surface area contributed by atoms with Crippen LogP contribution in [0.15, 0.2) is 55.1 Å². The molecule has 1 aromatic carbocycles. The summed E-state index contributed by atoms with van der Waals surface area (Å²) in [7, 11) is 0. The van der Waals surface area contributed by atoms with Gasteiger partial charge in [0.1, 0.15) is 12.4 Å². The Morgan fingerprint density at radius 2 is 2.16 bits per heavy atom. The lowest BCUT2D eigenvalue weighted by Gasteiger charge is -2.18. The molecule has 1 fully saturated rings. The SMILES string of the molecule is C=CC[C@@H]1CC(C#N)(C(=O)OCC)C[C@H]1/C=C/COc1ccccc1. The molecule has 0 amide bonds. The van der Waals surface area contributed by atoms with E-state index in [1.165, 1.54) is 0 Å². The van der Waals surface area contributed by atoms with Gasteiger partial charge < -0.3 is 9.47 Å². The molecule has 0 N–H and O–H groups in total. The van der Waals surface area contributed by atoms with Crippen LogP contribution in [0.4, 0.5) is 0 Å². The van der Waals surface area contributed by atoms with Crippen molar-refractivity contribution in [3.63, 3.8) is 0 Å². The molecule has 0 heterocycles. The van der Waals surface area contributed by atoms with Gasteiger partial charge in [-0.3, -0.25) is 4.79 Å². The molecule has 3 atom stereocenters. The minimum absolute atomic E-state index is 0.140. The Morgan fingerprint density at radius 3 is 2.80 bits per heavy atom. The lowest BCUT2D eigenvalue weighted by molar-refractivity contribution is -0.151. The molecule has 4 nitrogen and oxygen atoms in total. The summed E-state index contributed by atoms with van der Waals surface area (Å²) in [5.41, 5.74) is -1.04. The van der Waals surface area contributed by atoms with Gasteiger partial charge in [0.2, 0.25) is 0 Å². The summed E-state index contributed by atoms with van der Waals surface area (Å²) in [4.78, 5) is 12.3. The Labute approximate surface area is 149 Å². The molecule has 1 aliphatic rings. The van der Waals surface area contributed by atoms with E-state index >= 15 is 0 Å². The van der Waals surface area contributed by atoms with Gasteiger partial charge in [0.25, 0.3) is 0 Å². The van der Waals surface area contributed by atoms with Crippen molar-refractivity contribution in [1.82, 2.24) is 0 Å². The summed E-state index contributed by atoms with van der Waals surface area (Å²) in [6, 6.07) is 11.8. The number of carbonyl (C=O) groups excluding carboxylic acids is 1. The van der Waals surface area contributed by atoms with E-state index < -0.39 is 11.4 Å². The Morgan fingerprint density at radius 1 is 1.40 bits per heavy atom. The number of nitriles is 1. The molecular weight excluding hydrogens is 314 g/mol. The molecule has 2 rings (SSSR count). The molecule has 0 radical (unpaired) electrons. The smallest absolute Gasteiger partial charge is 0.326 e. The second kappa shape index (κ2) is 9.08. The van der Waals surface area contributed by atoms with Crippen LogP contribution in [-0.2, 0) is 9.53 Å². The first kappa shape index (κ1) is 18.8. The van der Waals surface area contributed by atoms with Gasteiger partial charge >= 0.3 is 5.97 Å². The molecule has 0 spiro atoms. The predicted octanol–water partition coefficient (Wildman–Crippen LogP) is 4.30. The Kier molecular flexibility index (Phi) is 6.82. The number of carbonyl (C=O) groups is 1. The Hall–Kier alpha value is -2.54. The van der Waals surface area contributed by atoms with Gasteiger partial charge in [-0.25, -0.2) is 0 Å². The van der Waals surface area contributed by atoms with Crippen LogP contribution in [0, 0.1) is 28.6 Å². The third-order valence-corrected chi connectivity index (χ3v) is 4.62. The molecule has 1 unspecified atom stereocenters. The Bertz CT molecular complexity index is 647. The van der Waals surface area contributed by atoms with E-state index in [2.05, 4.69) is 18.7 Å². The van der Waals surface area contributed by atoms with Crippen LogP contribution in [0.1, 0.15) is 26.2 Å². The van der Waals surface area contributed by atoms with Crippen LogP contribution in [-0.4, -0.2) is 19.2 Å². The van der Waals surface area contributed by atoms with Gasteiger partial charge in [0, 0.05) is 0 Å². The maximum atomic E-state index is 12.3. The third-order valence-electron chi connectivity index (χ3n) is 4.62. The van der Waals surface area contributed by atoms with E-state index in [1.807, 2.05) is 42.5 Å². The second-order valence-electron chi connectivity index (χ2n) is 6.32. The quantitative estimate of drug-likeness (QED) is 0.523. The number of rotatable bonds is 8. The first-order chi connectivity index (χ1) is 12.1. The standard InChI is InChI=1S/C21H25NO3/c1-3-9-17-14-21(16-22,20(23)24-4-2)15-18(17)10-8-13-25-19-11-6-5-7-12-19/h3,5-8,10-12,17-18H,1,4,9,13-15H2,2H3/b10-8+/t17-,18-,21?/m1/s1. The molecule has 0 aliphatic heterocycles. The van der Waals surface area contributed by atoms with E-state index in [9.17, 15) is 10.1 Å². The second-order valence-corrected chi connectivity index (χ2v) is 6.32. The zero-order chi connectivity index (χ0) is 18.1. The Balaban J connectivity index is 2.02. The summed E-state index contributed by atoms with van der Waals surface area (Å²) < 4.78 is 10.8. The number of allylic oxidation sites excluding steroid dienone is 2. The van der Waals surface area contributed by atoms with Crippen molar-refractivity contribution in [2.45, 2.75) is 26.2 Å². The highest BCUT2D eigenvalue weighted by Crippen LogP contribution is 2.48. The predicted molar refractivity (Wildman–Crippen MR) is 96.8 cm³/mol. The van der Waals surface area contributed by atoms with Crippen molar-refractivity contribution < 1.29 is 14.3 Å². The van der Waals surface area contributed by atoms with Gasteiger partial charge in [-0.05, 0) is 50.2 Å². The minimum atomic E-state index is -1.04. The van der Waals surface area contributed by atoms with E-state index in [0.29, 0.717) is 26.1 Å². The van der Waals surface area contributed by atoms with Crippen molar-refractivity contribution in [2.24, 2.45) is 17.3 Å². The number of benzene rings is 1. The summed E-state index contributed by atoms with van der Waals surface area (Å²) in [5.74, 6) is 0.776. The van der Waals surface area contributed by atoms with E-state index in [-0.39, 0.29) is 11.8 Å². The molecule has 1 aliphatic carbocycles. The van der Waals surface area contributed by atoms with Crippen LogP contribution < -0.4 is 4.74 Å². The largest absolute Gasteiger partial charge is 0.490 e. The maximum Gasteiger partial charge on any atom is 0.326 e. The van der Waals surface area contributed by atoms with Gasteiger partial charge in [-0.2, -0.15) is 5.26 Å². The number of nitrogens with zero attached hydrogens (tertiary/aromatic N) is 1. The van der Waals surface area contributed by atoms with Crippen LogP contribution in [0.2, 0.25) is 0 Å². The van der Waals surface area contributed by atoms with Gasteiger partial charge in [0.15, 0.2) is 5.41 Å². The normalized spacial score (nSPS) is 25.4. The summed E-state index contributed by atoms with van der Waals surface area (Å²) >= 11 is 0. The summed E-state index contributed by atoms with van der Waals surface area (Å²) in [5, 5.41) is 9.61. The van der Waals surface area contributed by atoms with Crippen LogP contribution >= 0.6 is 0 Å². The molecular formula is C21H25NO3. The highest BCUT2D eigenvalue weighted by molar-refractivity contribution is 5.80. The minimum Gasteiger partial charge on any atom is -0.490 e. The van der Waals surface area contributed by atoms with Crippen molar-refractivity contribution in [3.8, 4) is 11.8 Å². The number of para-hydroxylation sites is 1. The summed E-state index contributed by atoms with van der Waals surface area (Å²) in [6.45, 7) is 6.31. The lowest BCUT2D eigenvalue weighted by atomic mass is 9.86. The number of esters is 1.